The Bertz CT molecular complexity index is 1290. The predicted molar refractivity (Wildman–Crippen MR) is 102 cm³/mol. The van der Waals surface area contributed by atoms with Crippen molar-refractivity contribution >= 4 is 33.3 Å². The molecule has 0 unspecified atom stereocenters. The Kier molecular flexibility index (Phi) is 3.57. The molecule has 4 aromatic rings. The minimum atomic E-state index is -0.405. The maximum atomic E-state index is 12.7. The molecule has 0 saturated carbocycles. The van der Waals surface area contributed by atoms with Crippen molar-refractivity contribution < 1.29 is 0 Å². The van der Waals surface area contributed by atoms with Crippen molar-refractivity contribution in [2.75, 3.05) is 5.32 Å². The zero-order valence-electron chi connectivity index (χ0n) is 14.6. The highest BCUT2D eigenvalue weighted by Crippen LogP contribution is 2.28. The fourth-order valence-electron chi connectivity index (χ4n) is 3.15. The average molecular weight is 347 g/mol. The molecule has 0 aliphatic rings. The second kappa shape index (κ2) is 5.80. The van der Waals surface area contributed by atoms with Gasteiger partial charge in [0, 0.05) is 37.1 Å². The van der Waals surface area contributed by atoms with Gasteiger partial charge < -0.3 is 5.32 Å². The molecule has 0 aliphatic heterocycles. The van der Waals surface area contributed by atoms with Crippen LogP contribution in [0.15, 0.2) is 52.2 Å². The first-order chi connectivity index (χ1) is 12.5. The lowest BCUT2D eigenvalue weighted by Crippen LogP contribution is -2.37. The molecular weight excluding hydrogens is 330 g/mol. The number of nitrogens with zero attached hydrogens (tertiary/aromatic N) is 4. The number of rotatable bonds is 2. The Balaban J connectivity index is 2.01. The van der Waals surface area contributed by atoms with Crippen molar-refractivity contribution in [1.29, 1.82) is 0 Å². The molecule has 130 valence electrons. The Morgan fingerprint density at radius 1 is 1.00 bits per heavy atom. The second-order valence-corrected chi connectivity index (χ2v) is 6.22. The summed E-state index contributed by atoms with van der Waals surface area (Å²) in [5.74, 6) is 0. The SMILES string of the molecule is Cc1cc(Nc2ccnc3c2c(=O)n(C)c(=O)n3C)c2ccccc2n1. The van der Waals surface area contributed by atoms with Crippen LogP contribution in [0.2, 0.25) is 0 Å². The number of anilines is 2. The zero-order chi connectivity index (χ0) is 18.4. The highest BCUT2D eigenvalue weighted by molar-refractivity contribution is 5.97. The van der Waals surface area contributed by atoms with Gasteiger partial charge in [-0.1, -0.05) is 18.2 Å². The van der Waals surface area contributed by atoms with E-state index < -0.39 is 5.69 Å². The maximum absolute atomic E-state index is 12.7. The quantitative estimate of drug-likeness (QED) is 0.601. The lowest BCUT2D eigenvalue weighted by molar-refractivity contribution is 0.708. The number of para-hydroxylation sites is 1. The summed E-state index contributed by atoms with van der Waals surface area (Å²) in [5, 5.41) is 4.66. The van der Waals surface area contributed by atoms with Gasteiger partial charge in [0.05, 0.1) is 11.2 Å². The molecule has 26 heavy (non-hydrogen) atoms. The van der Waals surface area contributed by atoms with Crippen LogP contribution in [-0.2, 0) is 14.1 Å². The third kappa shape index (κ3) is 2.36. The largest absolute Gasteiger partial charge is 0.354 e. The van der Waals surface area contributed by atoms with Gasteiger partial charge in [-0.3, -0.25) is 18.9 Å². The van der Waals surface area contributed by atoms with E-state index in [1.165, 1.54) is 11.6 Å². The van der Waals surface area contributed by atoms with Crippen LogP contribution in [0.3, 0.4) is 0 Å². The Morgan fingerprint density at radius 2 is 1.77 bits per heavy atom. The smallest absolute Gasteiger partial charge is 0.332 e. The van der Waals surface area contributed by atoms with Gasteiger partial charge in [-0.05, 0) is 25.1 Å². The molecule has 0 amide bonds. The second-order valence-electron chi connectivity index (χ2n) is 6.22. The molecule has 0 fully saturated rings. The van der Waals surface area contributed by atoms with Crippen molar-refractivity contribution in [3.8, 4) is 0 Å². The van der Waals surface area contributed by atoms with Crippen LogP contribution in [0.5, 0.6) is 0 Å². The molecule has 0 atom stereocenters. The lowest BCUT2D eigenvalue weighted by atomic mass is 10.1. The van der Waals surface area contributed by atoms with Gasteiger partial charge in [0.2, 0.25) is 0 Å². The molecule has 7 heteroatoms. The van der Waals surface area contributed by atoms with Gasteiger partial charge in [-0.2, -0.15) is 0 Å². The third-order valence-electron chi connectivity index (χ3n) is 4.45. The summed E-state index contributed by atoms with van der Waals surface area (Å²) in [6, 6.07) is 11.5. The van der Waals surface area contributed by atoms with Gasteiger partial charge >= 0.3 is 5.69 Å². The summed E-state index contributed by atoms with van der Waals surface area (Å²) in [6.45, 7) is 1.92. The number of hydrogen-bond acceptors (Lipinski definition) is 5. The number of benzene rings is 1. The number of nitrogens with one attached hydrogen (secondary N) is 1. The van der Waals surface area contributed by atoms with E-state index >= 15 is 0 Å². The molecule has 0 spiro atoms. The van der Waals surface area contributed by atoms with Crippen LogP contribution >= 0.6 is 0 Å². The Hall–Kier alpha value is -3.48. The first kappa shape index (κ1) is 16.0. The average Bonchev–Trinajstić information content (AvgIpc) is 2.64. The minimum Gasteiger partial charge on any atom is -0.354 e. The predicted octanol–water partition coefficient (Wildman–Crippen LogP) is 2.23. The van der Waals surface area contributed by atoms with Crippen LogP contribution < -0.4 is 16.6 Å². The molecular formula is C19H17N5O2. The summed E-state index contributed by atoms with van der Waals surface area (Å²) in [5.41, 5.74) is 2.74. The monoisotopic (exact) mass is 347 g/mol. The number of fused-ring (bicyclic) bond motifs is 2. The van der Waals surface area contributed by atoms with E-state index in [2.05, 4.69) is 15.3 Å². The van der Waals surface area contributed by atoms with Crippen LogP contribution in [0, 0.1) is 6.92 Å². The van der Waals surface area contributed by atoms with Gasteiger partial charge in [0.1, 0.15) is 5.39 Å². The van der Waals surface area contributed by atoms with E-state index in [1.54, 1.807) is 19.3 Å². The first-order valence-electron chi connectivity index (χ1n) is 8.15. The van der Waals surface area contributed by atoms with E-state index in [-0.39, 0.29) is 5.56 Å². The molecule has 3 heterocycles. The molecule has 1 aromatic carbocycles. The van der Waals surface area contributed by atoms with Crippen LogP contribution in [0.25, 0.3) is 21.9 Å². The van der Waals surface area contributed by atoms with E-state index in [0.29, 0.717) is 16.7 Å². The van der Waals surface area contributed by atoms with Gasteiger partial charge in [0.25, 0.3) is 5.56 Å². The normalized spacial score (nSPS) is 11.2. The van der Waals surface area contributed by atoms with Gasteiger partial charge in [0.15, 0.2) is 5.65 Å². The van der Waals surface area contributed by atoms with E-state index in [9.17, 15) is 9.59 Å². The van der Waals surface area contributed by atoms with Crippen molar-refractivity contribution in [1.82, 2.24) is 19.1 Å². The molecule has 0 saturated heterocycles. The van der Waals surface area contributed by atoms with Crippen molar-refractivity contribution in [3.05, 3.63) is 69.1 Å². The summed E-state index contributed by atoms with van der Waals surface area (Å²) < 4.78 is 2.46. The van der Waals surface area contributed by atoms with E-state index in [0.717, 1.165) is 26.9 Å². The molecule has 0 aliphatic carbocycles. The minimum absolute atomic E-state index is 0.346. The summed E-state index contributed by atoms with van der Waals surface area (Å²) >= 11 is 0. The zero-order valence-corrected chi connectivity index (χ0v) is 14.6. The van der Waals surface area contributed by atoms with Crippen LogP contribution in [0.1, 0.15) is 5.69 Å². The molecule has 7 nitrogen and oxygen atoms in total. The molecule has 4 rings (SSSR count). The van der Waals surface area contributed by atoms with E-state index in [4.69, 9.17) is 0 Å². The molecule has 1 N–H and O–H groups in total. The Morgan fingerprint density at radius 3 is 2.58 bits per heavy atom. The summed E-state index contributed by atoms with van der Waals surface area (Å²) in [4.78, 5) is 33.6. The highest BCUT2D eigenvalue weighted by Gasteiger charge is 2.14. The fourth-order valence-corrected chi connectivity index (χ4v) is 3.15. The summed E-state index contributed by atoms with van der Waals surface area (Å²) in [6.07, 6.45) is 1.58. The van der Waals surface area contributed by atoms with Gasteiger partial charge in [-0.15, -0.1) is 0 Å². The lowest BCUT2D eigenvalue weighted by Gasteiger charge is -2.14. The number of aromatic nitrogens is 4. The van der Waals surface area contributed by atoms with Crippen molar-refractivity contribution in [2.24, 2.45) is 14.1 Å². The van der Waals surface area contributed by atoms with Crippen LogP contribution in [0.4, 0.5) is 11.4 Å². The number of hydrogen-bond donors (Lipinski definition) is 1. The standard InChI is InChI=1S/C19H17N5O2/c1-11-10-15(12-6-4-5-7-13(12)21-11)22-14-8-9-20-17-16(14)18(25)24(3)19(26)23(17)2/h4-10H,1-3H3,(H,20,21,22). The molecule has 0 bridgehead atoms. The third-order valence-corrected chi connectivity index (χ3v) is 4.45. The molecule has 3 aromatic heterocycles. The number of aryl methyl sites for hydroxylation is 2. The van der Waals surface area contributed by atoms with Gasteiger partial charge in [-0.25, -0.2) is 9.78 Å². The first-order valence-corrected chi connectivity index (χ1v) is 8.15. The Labute approximate surface area is 148 Å². The summed E-state index contributed by atoms with van der Waals surface area (Å²) in [7, 11) is 3.07. The fraction of sp³-hybridized carbons (Fsp3) is 0.158. The highest BCUT2D eigenvalue weighted by atomic mass is 16.2. The maximum Gasteiger partial charge on any atom is 0.332 e. The topological polar surface area (TPSA) is 81.8 Å². The van der Waals surface area contributed by atoms with Crippen LogP contribution in [-0.4, -0.2) is 19.1 Å². The van der Waals surface area contributed by atoms with Crippen molar-refractivity contribution in [2.45, 2.75) is 6.92 Å². The number of pyridine rings is 2. The van der Waals surface area contributed by atoms with Crippen molar-refractivity contribution in [3.63, 3.8) is 0 Å². The van der Waals surface area contributed by atoms with E-state index in [1.807, 2.05) is 37.3 Å². The molecule has 0 radical (unpaired) electrons.